The molecule has 0 unspecified atom stereocenters. The minimum Gasteiger partial charge on any atom is -0.459 e. The van der Waals surface area contributed by atoms with Crippen molar-refractivity contribution in [1.29, 1.82) is 0 Å². The van der Waals surface area contributed by atoms with Crippen molar-refractivity contribution in [2.45, 2.75) is 132 Å². The number of ether oxygens (including phenoxy) is 3. The van der Waals surface area contributed by atoms with Crippen LogP contribution in [0.4, 0.5) is 9.59 Å². The molecule has 0 saturated carbocycles. The summed E-state index contributed by atoms with van der Waals surface area (Å²) in [5.74, 6) is -2.18. The first-order valence-corrected chi connectivity index (χ1v) is 15.1. The molecule has 11 nitrogen and oxygen atoms in total. The maximum absolute atomic E-state index is 13.9. The quantitative estimate of drug-likeness (QED) is 0.156. The van der Waals surface area contributed by atoms with Gasteiger partial charge in [0.05, 0.1) is 16.8 Å². The molecule has 0 atom stereocenters. The predicted octanol–water partition coefficient (Wildman–Crippen LogP) is 6.04. The number of imide groups is 1. The van der Waals surface area contributed by atoms with Crippen molar-refractivity contribution < 1.29 is 38.2 Å². The van der Waals surface area contributed by atoms with Crippen LogP contribution in [0.3, 0.4) is 0 Å². The fourth-order valence-electron chi connectivity index (χ4n) is 4.49. The van der Waals surface area contributed by atoms with Crippen molar-refractivity contribution in [2.75, 3.05) is 13.1 Å². The van der Waals surface area contributed by atoms with E-state index in [0.717, 1.165) is 4.90 Å². The van der Waals surface area contributed by atoms with Crippen LogP contribution < -0.4 is 0 Å². The Morgan fingerprint density at radius 1 is 0.733 bits per heavy atom. The molecule has 0 aromatic heterocycles. The van der Waals surface area contributed by atoms with Gasteiger partial charge in [0.25, 0.3) is 11.8 Å². The number of carbonyl (C=O) groups is 5. The van der Waals surface area contributed by atoms with E-state index in [-0.39, 0.29) is 29.0 Å². The summed E-state index contributed by atoms with van der Waals surface area (Å²) in [5, 5.41) is 0. The van der Waals surface area contributed by atoms with E-state index in [1.165, 1.54) is 15.9 Å². The topological polar surface area (TPSA) is 123 Å². The third-order valence-electron chi connectivity index (χ3n) is 6.16. The Bertz CT molecular complexity index is 1380. The molecular formula is C34H51N3O8. The number of carbonyl (C=O) groups excluding carboxylic acids is 5. The minimum absolute atomic E-state index is 0.0104. The molecule has 250 valence electrons. The second-order valence-corrected chi connectivity index (χ2v) is 16.1. The summed E-state index contributed by atoms with van der Waals surface area (Å²) in [7, 11) is 0. The lowest BCUT2D eigenvalue weighted by molar-refractivity contribution is -0.160. The van der Waals surface area contributed by atoms with Gasteiger partial charge in [0.1, 0.15) is 23.3 Å². The third-order valence-corrected chi connectivity index (χ3v) is 6.16. The van der Waals surface area contributed by atoms with Crippen LogP contribution >= 0.6 is 0 Å². The van der Waals surface area contributed by atoms with Crippen molar-refractivity contribution in [2.24, 2.45) is 0 Å². The van der Waals surface area contributed by atoms with Crippen molar-refractivity contribution in [3.63, 3.8) is 0 Å². The normalized spacial score (nSPS) is 16.9. The van der Waals surface area contributed by atoms with Crippen LogP contribution in [0.5, 0.6) is 0 Å². The molecule has 1 heterocycles. The Kier molecular flexibility index (Phi) is 10.4. The molecule has 0 spiro atoms. The van der Waals surface area contributed by atoms with Gasteiger partial charge in [-0.15, -0.1) is 0 Å². The molecule has 1 aliphatic heterocycles. The number of rotatable bonds is 5. The molecule has 0 bridgehead atoms. The smallest absolute Gasteiger partial charge is 0.415 e. The average molecular weight is 630 g/mol. The molecule has 0 aromatic rings. The summed E-state index contributed by atoms with van der Waals surface area (Å²) >= 11 is 0. The predicted molar refractivity (Wildman–Crippen MR) is 170 cm³/mol. The standard InChI is InChI=1S/C34H51N3O8/c1-30(2,3)36(28(41)44-33(10,11)12)19-18-21-23(37(31(4,5)6)29(42)45-34(13,14)15)17-16-22-25(21)27(40)35(26(22)39)20-24(38)43-32(7,8)9/h16,18H,19-20H2,1-15H3/b21-18-. The Morgan fingerprint density at radius 2 is 1.22 bits per heavy atom. The van der Waals surface area contributed by atoms with E-state index < -0.39 is 64.4 Å². The lowest BCUT2D eigenvalue weighted by Gasteiger charge is -2.39. The first kappa shape index (κ1) is 37.3. The SMILES string of the molecule is CC(C)(C)OC(=O)CN1C(=O)C2=C(C1=O)/C(=C\CN(C(=O)OC(C)(C)C)C(C)(C)C)C(N(C(=O)OC(C)(C)C)C(C)(C)C)=C=C2. The van der Waals surface area contributed by atoms with E-state index in [0.29, 0.717) is 0 Å². The van der Waals surface area contributed by atoms with Gasteiger partial charge in [-0.1, -0.05) is 11.8 Å². The van der Waals surface area contributed by atoms with Gasteiger partial charge in [0.15, 0.2) is 0 Å². The van der Waals surface area contributed by atoms with Crippen LogP contribution in [0.25, 0.3) is 0 Å². The fraction of sp³-hybridized carbons (Fsp3) is 0.647. The van der Waals surface area contributed by atoms with Crippen LogP contribution in [0, 0.1) is 0 Å². The van der Waals surface area contributed by atoms with Gasteiger partial charge in [0, 0.05) is 23.2 Å². The fourth-order valence-corrected chi connectivity index (χ4v) is 4.49. The maximum Gasteiger partial charge on any atom is 0.415 e. The van der Waals surface area contributed by atoms with Crippen LogP contribution in [0.2, 0.25) is 0 Å². The van der Waals surface area contributed by atoms with Gasteiger partial charge in [-0.25, -0.2) is 9.59 Å². The molecule has 0 aromatic carbocycles. The molecule has 0 radical (unpaired) electrons. The molecule has 11 heteroatoms. The zero-order chi connectivity index (χ0) is 35.1. The molecule has 0 saturated heterocycles. The van der Waals surface area contributed by atoms with E-state index in [1.54, 1.807) is 89.2 Å². The van der Waals surface area contributed by atoms with Gasteiger partial charge in [-0.3, -0.25) is 29.1 Å². The van der Waals surface area contributed by atoms with Crippen LogP contribution in [0.1, 0.15) is 104 Å². The van der Waals surface area contributed by atoms with Crippen molar-refractivity contribution in [3.05, 3.63) is 40.3 Å². The van der Waals surface area contributed by atoms with Crippen LogP contribution in [0.15, 0.2) is 40.3 Å². The second-order valence-electron chi connectivity index (χ2n) is 16.1. The highest BCUT2D eigenvalue weighted by Crippen LogP contribution is 2.38. The summed E-state index contributed by atoms with van der Waals surface area (Å²) in [5.41, 5.74) is -0.604. The summed E-state index contributed by atoms with van der Waals surface area (Å²) in [6, 6.07) is 0. The van der Waals surface area contributed by atoms with Crippen molar-refractivity contribution in [1.82, 2.24) is 14.7 Å². The molecule has 0 fully saturated rings. The van der Waals surface area contributed by atoms with Gasteiger partial charge in [-0.2, -0.15) is 0 Å². The number of hydrogen-bond acceptors (Lipinski definition) is 8. The number of esters is 1. The lowest BCUT2D eigenvalue weighted by atomic mass is 9.91. The van der Waals surface area contributed by atoms with Gasteiger partial charge in [0.2, 0.25) is 0 Å². The Hall–Kier alpha value is -3.85. The minimum atomic E-state index is -0.869. The number of amides is 4. The number of hydrogen-bond donors (Lipinski definition) is 0. The lowest BCUT2D eigenvalue weighted by Crippen LogP contribution is -2.49. The first-order chi connectivity index (χ1) is 20.0. The maximum atomic E-state index is 13.9. The van der Waals surface area contributed by atoms with E-state index in [9.17, 15) is 24.0 Å². The molecule has 4 amide bonds. The summed E-state index contributed by atoms with van der Waals surface area (Å²) in [4.78, 5) is 70.8. The Labute approximate surface area is 267 Å². The van der Waals surface area contributed by atoms with Gasteiger partial charge >= 0.3 is 18.2 Å². The van der Waals surface area contributed by atoms with E-state index in [4.69, 9.17) is 14.2 Å². The van der Waals surface area contributed by atoms with E-state index >= 15 is 0 Å². The summed E-state index contributed by atoms with van der Waals surface area (Å²) < 4.78 is 16.8. The molecule has 2 rings (SSSR count). The highest BCUT2D eigenvalue weighted by Gasteiger charge is 2.45. The van der Waals surface area contributed by atoms with Crippen molar-refractivity contribution >= 4 is 30.0 Å². The molecule has 0 N–H and O–H groups in total. The molecule has 45 heavy (non-hydrogen) atoms. The number of nitrogens with zero attached hydrogens (tertiary/aromatic N) is 3. The van der Waals surface area contributed by atoms with Gasteiger partial charge in [-0.05, 0) is 110 Å². The first-order valence-electron chi connectivity index (χ1n) is 15.1. The average Bonchev–Trinajstić information content (AvgIpc) is 2.99. The zero-order valence-corrected chi connectivity index (χ0v) is 29.7. The monoisotopic (exact) mass is 629 g/mol. The third kappa shape index (κ3) is 9.82. The van der Waals surface area contributed by atoms with E-state index in [1.807, 2.05) is 20.8 Å². The van der Waals surface area contributed by atoms with Crippen LogP contribution in [-0.2, 0) is 28.6 Å². The largest absolute Gasteiger partial charge is 0.459 e. The van der Waals surface area contributed by atoms with Crippen LogP contribution in [-0.4, -0.2) is 85.6 Å². The van der Waals surface area contributed by atoms with Gasteiger partial charge < -0.3 is 14.2 Å². The zero-order valence-electron chi connectivity index (χ0n) is 29.7. The highest BCUT2D eigenvalue weighted by molar-refractivity contribution is 6.24. The van der Waals surface area contributed by atoms with E-state index in [2.05, 4.69) is 5.73 Å². The summed E-state index contributed by atoms with van der Waals surface area (Å²) in [6.07, 6.45) is 1.67. The Morgan fingerprint density at radius 3 is 1.67 bits per heavy atom. The molecular weight excluding hydrogens is 578 g/mol. The van der Waals surface area contributed by atoms with Crippen molar-refractivity contribution in [3.8, 4) is 0 Å². The Balaban J connectivity index is 2.75. The molecule has 2 aliphatic rings. The molecule has 1 aliphatic carbocycles. The summed E-state index contributed by atoms with van der Waals surface area (Å²) in [6.45, 7) is 25.8. The highest BCUT2D eigenvalue weighted by atomic mass is 16.6. The second kappa shape index (κ2) is 12.5.